The molecule has 0 aromatic heterocycles. The van der Waals surface area contributed by atoms with Crippen molar-refractivity contribution < 1.29 is 75.8 Å². The summed E-state index contributed by atoms with van der Waals surface area (Å²) in [5.74, 6) is 2.02. The van der Waals surface area contributed by atoms with Gasteiger partial charge in [0.2, 0.25) is 0 Å². The molecule has 36 atom stereocenters. The third kappa shape index (κ3) is 12.5. The van der Waals surface area contributed by atoms with Crippen LogP contribution in [0.5, 0.6) is 0 Å². The van der Waals surface area contributed by atoms with E-state index in [2.05, 4.69) is 132 Å². The van der Waals surface area contributed by atoms with E-state index in [1.807, 2.05) is 6.92 Å². The van der Waals surface area contributed by atoms with Crippen LogP contribution in [0.1, 0.15) is 171 Å². The Morgan fingerprint density at radius 2 is 0.544 bits per heavy atom. The Labute approximate surface area is 476 Å². The number of hydrogen-bond donors (Lipinski definition) is 0. The van der Waals surface area contributed by atoms with E-state index >= 15 is 0 Å². The van der Waals surface area contributed by atoms with E-state index in [1.54, 1.807) is 0 Å². The first-order valence-corrected chi connectivity index (χ1v) is 32.0. The van der Waals surface area contributed by atoms with Gasteiger partial charge in [0, 0.05) is 41.4 Å². The third-order valence-electron chi connectivity index (χ3n) is 22.2. The van der Waals surface area contributed by atoms with Crippen molar-refractivity contribution in [1.82, 2.24) is 0 Å². The number of ether oxygens (including phenoxy) is 16. The first kappa shape index (κ1) is 62.9. The average Bonchev–Trinajstić information content (AvgIpc) is 4.08. The fourth-order valence-electron chi connectivity index (χ4n) is 14.9. The van der Waals surface area contributed by atoms with Gasteiger partial charge in [-0.05, 0) is 80.5 Å². The largest absolute Gasteiger partial charge is 0.350 e. The predicted octanol–water partition coefficient (Wildman–Crippen LogP) is 11.1. The Balaban J connectivity index is 0.786. The van der Waals surface area contributed by atoms with Crippen molar-refractivity contribution in [1.29, 1.82) is 0 Å². The SMILES string of the molecule is CCC1O[C@@H](O[C@@H]2C(CC)O[C@@H](O[C@@H]3C(CC)O[C@@H](O[C@H]4C(C)C(C)[C@@H]5OC[C@@H]4O5)C(C)[C@H]3C)C(C)[C@H]2C)C(C)C(C)[C@@H]1O[C@H]1OC(CC)[C@@H](O[C@@H]2OC(CC)[C@@H](O[C@@H]3OC4COC(C)O[C@@H]4C(C)C3C)[C@H](C)C2C)C(C)C1C. The highest BCUT2D eigenvalue weighted by Gasteiger charge is 2.56. The van der Waals surface area contributed by atoms with E-state index in [9.17, 15) is 0 Å². The first-order chi connectivity index (χ1) is 37.6. The summed E-state index contributed by atoms with van der Waals surface area (Å²) in [6, 6.07) is 0. The lowest BCUT2D eigenvalue weighted by atomic mass is 9.80. The van der Waals surface area contributed by atoms with E-state index in [0.717, 1.165) is 32.1 Å². The van der Waals surface area contributed by atoms with Crippen molar-refractivity contribution in [3.05, 3.63) is 0 Å². The zero-order chi connectivity index (χ0) is 57.0. The molecule has 0 N–H and O–H groups in total. The minimum Gasteiger partial charge on any atom is -0.350 e. The molecule has 0 amide bonds. The molecule has 9 rings (SSSR count). The average molecular weight is 1120 g/mol. The van der Waals surface area contributed by atoms with E-state index in [-0.39, 0.29) is 188 Å². The summed E-state index contributed by atoms with van der Waals surface area (Å²) in [5, 5.41) is 0. The highest BCUT2D eigenvalue weighted by atomic mass is 16.8. The van der Waals surface area contributed by atoms with E-state index in [1.165, 1.54) is 0 Å². The number of hydrogen-bond acceptors (Lipinski definition) is 16. The molecule has 0 aliphatic carbocycles. The van der Waals surface area contributed by atoms with Crippen molar-refractivity contribution in [3.8, 4) is 0 Å². The summed E-state index contributed by atoms with van der Waals surface area (Å²) in [6.45, 7) is 45.4. The Hall–Kier alpha value is -0.640. The fraction of sp³-hybridized carbons (Fsp3) is 1.00. The summed E-state index contributed by atoms with van der Waals surface area (Å²) in [5.41, 5.74) is 0. The summed E-state index contributed by atoms with van der Waals surface area (Å²) in [6.07, 6.45) is -0.830. The number of fused-ring (bicyclic) bond motifs is 3. The van der Waals surface area contributed by atoms with Gasteiger partial charge in [-0.15, -0.1) is 0 Å². The second-order valence-corrected chi connectivity index (χ2v) is 26.8. The maximum absolute atomic E-state index is 7.19. The van der Waals surface area contributed by atoms with Crippen LogP contribution in [0.3, 0.4) is 0 Å². The van der Waals surface area contributed by atoms with E-state index in [0.29, 0.717) is 19.1 Å². The molecular weight excluding hydrogens is 1010 g/mol. The maximum Gasteiger partial charge on any atom is 0.161 e. The van der Waals surface area contributed by atoms with Crippen molar-refractivity contribution in [2.75, 3.05) is 13.2 Å². The van der Waals surface area contributed by atoms with Gasteiger partial charge < -0.3 is 75.8 Å². The second-order valence-electron chi connectivity index (χ2n) is 26.8. The smallest absolute Gasteiger partial charge is 0.161 e. The summed E-state index contributed by atoms with van der Waals surface area (Å²) >= 11 is 0. The molecule has 0 radical (unpaired) electrons. The highest BCUT2D eigenvalue weighted by Crippen LogP contribution is 2.48. The molecule has 9 fully saturated rings. The molecule has 9 heterocycles. The van der Waals surface area contributed by atoms with Crippen molar-refractivity contribution in [2.24, 2.45) is 82.9 Å². The normalized spacial score (nSPS) is 55.3. The molecule has 9 aliphatic rings. The third-order valence-corrected chi connectivity index (χ3v) is 22.2. The molecule has 458 valence electrons. The van der Waals surface area contributed by atoms with Gasteiger partial charge in [0.25, 0.3) is 0 Å². The second kappa shape index (κ2) is 26.5. The molecule has 79 heavy (non-hydrogen) atoms. The summed E-state index contributed by atoms with van der Waals surface area (Å²) < 4.78 is 108. The van der Waals surface area contributed by atoms with Crippen molar-refractivity contribution in [3.63, 3.8) is 0 Å². The standard InChI is InChI=1S/C63H110O16/c1-21-43-50(74-59-37(15)30(8)52(45(23-3)68-59)76-61-39(17)32(10)54(47(25-5)70-61)78-63-41(19)34(12)55-48(73-63)26-64-42(20)66-55)29(7)36(14)58(67-43)75-51-31(9)38(16)60(69-44(51)22-2)77-53-33(11)40(18)62(71-46(53)24-4)79-56-28(6)35(13)57-65-27-49(56)72-57/h28-63H,21-27H2,1-20H3/t28?,29?,30?,31-,32-,33-,34?,35?,36?,37?,38?,39?,40?,41?,42?,43?,44?,45?,46?,47?,48?,49+,50+,51+,52+,53+,54+,55-,56+,57-,58+,59-,60+,61+,62+,63+/m1/s1. The lowest BCUT2D eigenvalue weighted by Gasteiger charge is -2.53. The van der Waals surface area contributed by atoms with Crippen molar-refractivity contribution >= 4 is 0 Å². The quantitative estimate of drug-likeness (QED) is 0.136. The minimum atomic E-state index is -0.425. The predicted molar refractivity (Wildman–Crippen MR) is 296 cm³/mol. The molecule has 2 bridgehead atoms. The van der Waals surface area contributed by atoms with Gasteiger partial charge in [-0.1, -0.05) is 132 Å². The molecule has 16 heteroatoms. The van der Waals surface area contributed by atoms with Crippen LogP contribution in [0.2, 0.25) is 0 Å². The topological polar surface area (TPSA) is 148 Å². The van der Waals surface area contributed by atoms with Gasteiger partial charge in [-0.2, -0.15) is 0 Å². The Kier molecular flexibility index (Phi) is 21.1. The first-order valence-electron chi connectivity index (χ1n) is 32.0. The van der Waals surface area contributed by atoms with Crippen LogP contribution in [0.4, 0.5) is 0 Å². The van der Waals surface area contributed by atoms with Crippen LogP contribution in [0.15, 0.2) is 0 Å². The Bertz CT molecular complexity index is 1890. The Morgan fingerprint density at radius 3 is 0.873 bits per heavy atom. The monoisotopic (exact) mass is 1120 g/mol. The molecule has 9 saturated heterocycles. The highest BCUT2D eigenvalue weighted by molar-refractivity contribution is 4.97. The summed E-state index contributed by atoms with van der Waals surface area (Å²) in [7, 11) is 0. The van der Waals surface area contributed by atoms with Gasteiger partial charge in [0.05, 0.1) is 86.5 Å². The zero-order valence-electron chi connectivity index (χ0n) is 52.3. The van der Waals surface area contributed by atoms with Crippen molar-refractivity contribution in [2.45, 2.75) is 306 Å². The minimum absolute atomic E-state index is 0.00912. The molecular formula is C63H110O16. The molecule has 18 unspecified atom stereocenters. The Morgan fingerprint density at radius 1 is 0.266 bits per heavy atom. The maximum atomic E-state index is 7.19. The van der Waals surface area contributed by atoms with Crippen LogP contribution in [-0.2, 0) is 75.8 Å². The molecule has 9 aliphatic heterocycles. The van der Waals surface area contributed by atoms with Gasteiger partial charge in [0.15, 0.2) is 50.3 Å². The number of rotatable bonds is 17. The molecule has 0 aromatic rings. The summed E-state index contributed by atoms with van der Waals surface area (Å²) in [4.78, 5) is 0. The van der Waals surface area contributed by atoms with Crippen LogP contribution in [0.25, 0.3) is 0 Å². The van der Waals surface area contributed by atoms with Gasteiger partial charge in [-0.3, -0.25) is 0 Å². The van der Waals surface area contributed by atoms with E-state index in [4.69, 9.17) is 75.8 Å². The van der Waals surface area contributed by atoms with Gasteiger partial charge in [-0.25, -0.2) is 0 Å². The lowest BCUT2D eigenvalue weighted by Crippen LogP contribution is -2.60. The molecule has 0 spiro atoms. The lowest BCUT2D eigenvalue weighted by molar-refractivity contribution is -0.374. The van der Waals surface area contributed by atoms with Gasteiger partial charge in [0.1, 0.15) is 12.2 Å². The van der Waals surface area contributed by atoms with Crippen LogP contribution in [0, 0.1) is 82.9 Å². The van der Waals surface area contributed by atoms with Crippen LogP contribution in [-0.4, -0.2) is 149 Å². The zero-order valence-corrected chi connectivity index (χ0v) is 52.3. The molecule has 0 aromatic carbocycles. The van der Waals surface area contributed by atoms with Crippen LogP contribution < -0.4 is 0 Å². The molecule has 16 nitrogen and oxygen atoms in total. The van der Waals surface area contributed by atoms with Crippen LogP contribution >= 0.6 is 0 Å². The molecule has 0 saturated carbocycles. The van der Waals surface area contributed by atoms with Gasteiger partial charge >= 0.3 is 0 Å². The fourth-order valence-corrected chi connectivity index (χ4v) is 14.9. The van der Waals surface area contributed by atoms with E-state index < -0.39 is 25.2 Å².